The second-order valence-corrected chi connectivity index (χ2v) is 6.60. The van der Waals surface area contributed by atoms with E-state index >= 15 is 0 Å². The van der Waals surface area contributed by atoms with Crippen LogP contribution in [0.3, 0.4) is 0 Å². The number of phenols is 1. The molecule has 1 saturated heterocycles. The molecule has 0 aliphatic carbocycles. The molecule has 0 bridgehead atoms. The number of hydrogen-bond acceptors (Lipinski definition) is 4. The van der Waals surface area contributed by atoms with Crippen LogP contribution >= 0.6 is 12.6 Å². The van der Waals surface area contributed by atoms with Crippen molar-refractivity contribution >= 4 is 25.8 Å². The van der Waals surface area contributed by atoms with Crippen LogP contribution in [0.1, 0.15) is 33.3 Å². The van der Waals surface area contributed by atoms with Gasteiger partial charge in [-0.3, -0.25) is 0 Å². The molecule has 1 N–H and O–H groups in total. The number of benzene rings is 1. The van der Waals surface area contributed by atoms with Crippen LogP contribution in [0.25, 0.3) is 6.08 Å². The van der Waals surface area contributed by atoms with Crippen molar-refractivity contribution in [3.63, 3.8) is 0 Å². The zero-order valence-electron chi connectivity index (χ0n) is 13.0. The fraction of sp³-hybridized carbons (Fsp3) is 0.467. The first kappa shape index (κ1) is 17.3. The third-order valence-corrected chi connectivity index (χ3v) is 4.50. The lowest BCUT2D eigenvalue weighted by Crippen LogP contribution is -2.41. The third-order valence-electron chi connectivity index (χ3n) is 4.13. The largest absolute Gasteiger partial charge is 0.508 e. The lowest BCUT2D eigenvalue weighted by molar-refractivity contribution is 0.00578. The van der Waals surface area contributed by atoms with Gasteiger partial charge in [-0.25, -0.2) is 8.78 Å². The zero-order chi connectivity index (χ0) is 16.7. The van der Waals surface area contributed by atoms with Crippen LogP contribution in [0, 0.1) is 11.6 Å². The molecule has 120 valence electrons. The van der Waals surface area contributed by atoms with Crippen LogP contribution in [0.4, 0.5) is 8.78 Å². The van der Waals surface area contributed by atoms with E-state index in [2.05, 4.69) is 12.6 Å². The van der Waals surface area contributed by atoms with Gasteiger partial charge in [0.2, 0.25) is 0 Å². The number of phenolic OH excluding ortho intramolecular Hbond substituents is 1. The van der Waals surface area contributed by atoms with Gasteiger partial charge >= 0.3 is 7.12 Å². The normalized spacial score (nSPS) is 20.5. The van der Waals surface area contributed by atoms with Crippen LogP contribution in [-0.2, 0) is 9.31 Å². The molecule has 0 unspecified atom stereocenters. The summed E-state index contributed by atoms with van der Waals surface area (Å²) in [6.07, 6.45) is 1.32. The summed E-state index contributed by atoms with van der Waals surface area (Å²) in [5, 5.41) is 9.19. The molecule has 0 amide bonds. The quantitative estimate of drug-likeness (QED) is 0.658. The fourth-order valence-corrected chi connectivity index (χ4v) is 2.32. The second kappa shape index (κ2) is 5.87. The van der Waals surface area contributed by atoms with E-state index < -0.39 is 35.7 Å². The van der Waals surface area contributed by atoms with E-state index in [1.54, 1.807) is 0 Å². The number of aromatic hydroxyl groups is 1. The highest BCUT2D eigenvalue weighted by Gasteiger charge is 2.52. The fourth-order valence-electron chi connectivity index (χ4n) is 2.08. The Morgan fingerprint density at radius 2 is 1.64 bits per heavy atom. The first-order chi connectivity index (χ1) is 10.1. The van der Waals surface area contributed by atoms with Gasteiger partial charge in [0.05, 0.1) is 11.2 Å². The highest BCUT2D eigenvalue weighted by Crippen LogP contribution is 2.39. The van der Waals surface area contributed by atoms with Crippen LogP contribution in [-0.4, -0.2) is 29.2 Å². The molecule has 1 aromatic rings. The number of halogens is 2. The van der Waals surface area contributed by atoms with Crippen LogP contribution in [0.5, 0.6) is 5.75 Å². The molecule has 0 radical (unpaired) electrons. The minimum absolute atomic E-state index is 0.219. The molecule has 0 saturated carbocycles. The molecule has 22 heavy (non-hydrogen) atoms. The molecule has 1 aliphatic rings. The molecule has 2 rings (SSSR count). The van der Waals surface area contributed by atoms with E-state index in [1.807, 2.05) is 27.7 Å². The topological polar surface area (TPSA) is 38.7 Å². The standard InChI is InChI=1S/C15H19BF2O3S/c1-14(2)15(3,4)21-16(20-14)9(8-22)5-11-12(17)6-10(19)7-13(11)18/h5-7,19,22H,8H2,1-4H3. The Kier molecular flexibility index (Phi) is 4.62. The summed E-state index contributed by atoms with van der Waals surface area (Å²) in [5.41, 5.74) is -0.848. The Hall–Kier alpha value is -1.05. The molecule has 1 heterocycles. The van der Waals surface area contributed by atoms with E-state index in [-0.39, 0.29) is 11.3 Å². The monoisotopic (exact) mass is 328 g/mol. The minimum atomic E-state index is -0.853. The SMILES string of the molecule is CC1(C)OB(C(=Cc2c(F)cc(O)cc2F)CS)OC1(C)C. The lowest BCUT2D eigenvalue weighted by atomic mass is 9.78. The minimum Gasteiger partial charge on any atom is -0.508 e. The van der Waals surface area contributed by atoms with Gasteiger partial charge in [0.1, 0.15) is 17.4 Å². The van der Waals surface area contributed by atoms with Crippen molar-refractivity contribution in [3.8, 4) is 5.75 Å². The van der Waals surface area contributed by atoms with Crippen molar-refractivity contribution < 1.29 is 23.2 Å². The van der Waals surface area contributed by atoms with E-state index in [9.17, 15) is 13.9 Å². The second-order valence-electron chi connectivity index (χ2n) is 6.29. The molecule has 1 aliphatic heterocycles. The van der Waals surface area contributed by atoms with E-state index in [0.29, 0.717) is 5.47 Å². The van der Waals surface area contributed by atoms with E-state index in [4.69, 9.17) is 9.31 Å². The number of thiol groups is 1. The average Bonchev–Trinajstić information content (AvgIpc) is 2.57. The molecule has 1 fully saturated rings. The Balaban J connectivity index is 2.38. The molecule has 0 spiro atoms. The first-order valence-electron chi connectivity index (χ1n) is 6.92. The van der Waals surface area contributed by atoms with Crippen molar-refractivity contribution in [1.29, 1.82) is 0 Å². The summed E-state index contributed by atoms with van der Waals surface area (Å²) in [7, 11) is -0.727. The molecule has 1 aromatic carbocycles. The van der Waals surface area contributed by atoms with Gasteiger partial charge in [0.25, 0.3) is 0 Å². The van der Waals surface area contributed by atoms with E-state index in [0.717, 1.165) is 12.1 Å². The Bertz CT molecular complexity index is 578. The van der Waals surface area contributed by atoms with Crippen molar-refractivity contribution in [2.24, 2.45) is 0 Å². The maximum absolute atomic E-state index is 13.8. The predicted octanol–water partition coefficient (Wildman–Crippen LogP) is 3.62. The molecule has 0 atom stereocenters. The van der Waals surface area contributed by atoms with Crippen LogP contribution < -0.4 is 0 Å². The number of hydrogen-bond donors (Lipinski definition) is 2. The van der Waals surface area contributed by atoms with Crippen LogP contribution in [0.2, 0.25) is 0 Å². The van der Waals surface area contributed by atoms with Gasteiger partial charge in [0.15, 0.2) is 0 Å². The number of rotatable bonds is 3. The average molecular weight is 328 g/mol. The highest BCUT2D eigenvalue weighted by atomic mass is 32.1. The summed E-state index contributed by atoms with van der Waals surface area (Å²) in [6, 6.07) is 1.71. The summed E-state index contributed by atoms with van der Waals surface area (Å²) in [6.45, 7) is 7.57. The van der Waals surface area contributed by atoms with Crippen molar-refractivity contribution in [2.75, 3.05) is 5.75 Å². The van der Waals surface area contributed by atoms with Crippen molar-refractivity contribution in [1.82, 2.24) is 0 Å². The Labute approximate surface area is 134 Å². The molecular weight excluding hydrogens is 309 g/mol. The molecule has 0 aromatic heterocycles. The lowest BCUT2D eigenvalue weighted by Gasteiger charge is -2.32. The molecular formula is C15H19BF2O3S. The Morgan fingerprint density at radius 3 is 2.05 bits per heavy atom. The van der Waals surface area contributed by atoms with E-state index in [1.165, 1.54) is 6.08 Å². The van der Waals surface area contributed by atoms with Crippen LogP contribution in [0.15, 0.2) is 17.6 Å². The van der Waals surface area contributed by atoms with Gasteiger partial charge in [0, 0.05) is 23.4 Å². The van der Waals surface area contributed by atoms with Gasteiger partial charge in [-0.05, 0) is 33.2 Å². The Morgan fingerprint density at radius 1 is 1.18 bits per heavy atom. The maximum atomic E-state index is 13.8. The van der Waals surface area contributed by atoms with Gasteiger partial charge in [-0.15, -0.1) is 0 Å². The maximum Gasteiger partial charge on any atom is 0.491 e. The molecule has 3 nitrogen and oxygen atoms in total. The summed E-state index contributed by atoms with van der Waals surface area (Å²) in [5.74, 6) is -1.95. The summed E-state index contributed by atoms with van der Waals surface area (Å²) < 4.78 is 39.4. The highest BCUT2D eigenvalue weighted by molar-refractivity contribution is 7.80. The first-order valence-corrected chi connectivity index (χ1v) is 7.55. The third kappa shape index (κ3) is 3.16. The predicted molar refractivity (Wildman–Crippen MR) is 85.9 cm³/mol. The summed E-state index contributed by atoms with van der Waals surface area (Å²) >= 11 is 4.20. The summed E-state index contributed by atoms with van der Waals surface area (Å²) in [4.78, 5) is 0. The zero-order valence-corrected chi connectivity index (χ0v) is 13.9. The van der Waals surface area contributed by atoms with Gasteiger partial charge in [-0.1, -0.05) is 6.08 Å². The van der Waals surface area contributed by atoms with Crippen molar-refractivity contribution in [2.45, 2.75) is 38.9 Å². The smallest absolute Gasteiger partial charge is 0.491 e. The van der Waals surface area contributed by atoms with Gasteiger partial charge < -0.3 is 14.4 Å². The molecule has 7 heteroatoms. The van der Waals surface area contributed by atoms with Crippen molar-refractivity contribution in [3.05, 3.63) is 34.8 Å². The van der Waals surface area contributed by atoms with Gasteiger partial charge in [-0.2, -0.15) is 12.6 Å².